The first-order chi connectivity index (χ1) is 33.1. The van der Waals surface area contributed by atoms with E-state index in [2.05, 4.69) is 55.4 Å². The van der Waals surface area contributed by atoms with Gasteiger partial charge in [0.1, 0.15) is 0 Å². The third-order valence-corrected chi connectivity index (χ3v) is 13.4. The molecule has 0 saturated heterocycles. The van der Waals surface area contributed by atoms with Crippen LogP contribution in [-0.4, -0.2) is 51.0 Å². The van der Waals surface area contributed by atoms with Crippen molar-refractivity contribution in [2.45, 2.75) is 158 Å². The third-order valence-electron chi connectivity index (χ3n) is 13.4. The molecule has 1 aliphatic carbocycles. The molecular weight excluding hydrogens is 865 g/mol. The maximum Gasteiger partial charge on any atom is 0.513 e. The average Bonchev–Trinajstić information content (AvgIpc) is 3.34. The van der Waals surface area contributed by atoms with Crippen LogP contribution in [0.15, 0.2) is 48.5 Å². The molecule has 4 aromatic carbocycles. The molecule has 12 nitrogen and oxygen atoms in total. The van der Waals surface area contributed by atoms with Gasteiger partial charge in [0.05, 0.1) is 26.4 Å². The molecule has 372 valence electrons. The molecule has 12 heteroatoms. The van der Waals surface area contributed by atoms with E-state index in [0.717, 1.165) is 103 Å². The maximum atomic E-state index is 13.9. The summed E-state index contributed by atoms with van der Waals surface area (Å²) in [7, 11) is 0. The van der Waals surface area contributed by atoms with Crippen LogP contribution >= 0.6 is 0 Å². The summed E-state index contributed by atoms with van der Waals surface area (Å²) in [6.45, 7) is 17.4. The number of unbranched alkanes of at least 4 members (excludes halogenated alkanes) is 4. The molecular formula is C56H76O12. The zero-order valence-corrected chi connectivity index (χ0v) is 42.0. The van der Waals surface area contributed by atoms with E-state index < -0.39 is 24.6 Å². The van der Waals surface area contributed by atoms with E-state index in [1.54, 1.807) is 48.5 Å². The second kappa shape index (κ2) is 27.5. The van der Waals surface area contributed by atoms with Gasteiger partial charge in [-0.2, -0.15) is 0 Å². The zero-order valence-electron chi connectivity index (χ0n) is 42.0. The SMILES string of the molecule is CCCCC(CC)COC(=O)Oc1c2c(c(OC(=O)OCC(CC)CCCC)c3ccccc13)=c1c(OC(=O)OCC(CC)CCCC)c3ccccc3c(OC(=O)OCC(CC)CCCC)c1=2. The quantitative estimate of drug-likeness (QED) is 0.0268. The topological polar surface area (TPSA) is 142 Å². The summed E-state index contributed by atoms with van der Waals surface area (Å²) in [6.07, 6.45) is 11.2. The fourth-order valence-electron chi connectivity index (χ4n) is 8.85. The Morgan fingerprint density at radius 2 is 0.559 bits per heavy atom. The number of hydrogen-bond acceptors (Lipinski definition) is 12. The van der Waals surface area contributed by atoms with Crippen molar-refractivity contribution >= 4 is 46.2 Å². The molecule has 0 spiro atoms. The molecule has 0 aliphatic heterocycles. The van der Waals surface area contributed by atoms with Gasteiger partial charge >= 0.3 is 24.6 Å². The van der Waals surface area contributed by atoms with Crippen molar-refractivity contribution in [2.24, 2.45) is 23.7 Å². The lowest BCUT2D eigenvalue weighted by molar-refractivity contribution is 0.0785. The highest BCUT2D eigenvalue weighted by atomic mass is 16.7. The van der Waals surface area contributed by atoms with Crippen molar-refractivity contribution in [3.05, 3.63) is 69.4 Å². The van der Waals surface area contributed by atoms with Gasteiger partial charge in [-0.15, -0.1) is 0 Å². The number of carbonyl (C=O) groups excluding carboxylic acids is 4. The number of hydrogen-bond donors (Lipinski definition) is 0. The summed E-state index contributed by atoms with van der Waals surface area (Å²) in [5.41, 5.74) is 0. The van der Waals surface area contributed by atoms with E-state index in [-0.39, 0.29) is 94.0 Å². The van der Waals surface area contributed by atoms with Crippen molar-refractivity contribution in [2.75, 3.05) is 26.4 Å². The zero-order chi connectivity index (χ0) is 49.0. The largest absolute Gasteiger partial charge is 0.513 e. The fourth-order valence-corrected chi connectivity index (χ4v) is 8.85. The monoisotopic (exact) mass is 941 g/mol. The van der Waals surface area contributed by atoms with Gasteiger partial charge in [-0.05, 0) is 49.4 Å². The molecule has 0 heterocycles. The molecule has 5 rings (SSSR count). The molecule has 0 bridgehead atoms. The Kier molecular flexibility index (Phi) is 21.6. The summed E-state index contributed by atoms with van der Waals surface area (Å²) in [4.78, 5) is 55.5. The summed E-state index contributed by atoms with van der Waals surface area (Å²) < 4.78 is 48.1. The number of benzene rings is 4. The number of rotatable bonds is 28. The molecule has 0 amide bonds. The van der Waals surface area contributed by atoms with E-state index in [1.165, 1.54) is 0 Å². The Morgan fingerprint density at radius 3 is 0.735 bits per heavy atom. The highest BCUT2D eigenvalue weighted by Gasteiger charge is 2.31. The average molecular weight is 941 g/mol. The van der Waals surface area contributed by atoms with E-state index >= 15 is 0 Å². The standard InChI is InChI=1S/C56H76O12/c1-9-17-25-37(13-5)33-61-53(57)65-49-41-29-21-22-30-42(41)50(66-54(58)62-34-38(14-6)26-18-10-2)46-45(49)47-48(46)52(68-56(60)64-36-40(16-8)28-20-12-4)44-32-24-23-31-43(44)51(47)67-55(59)63-35-39(15-7)27-19-11-3/h21-24,29-32,37-40H,9-20,25-28,33-36H2,1-8H3. The molecule has 0 N–H and O–H groups in total. The lowest BCUT2D eigenvalue weighted by atomic mass is 9.91. The molecule has 0 fully saturated rings. The second-order valence-electron chi connectivity index (χ2n) is 18.2. The van der Waals surface area contributed by atoms with Gasteiger partial charge in [-0.3, -0.25) is 0 Å². The van der Waals surface area contributed by atoms with Crippen LogP contribution in [0.4, 0.5) is 19.2 Å². The van der Waals surface area contributed by atoms with Gasteiger partial charge in [0, 0.05) is 42.4 Å². The van der Waals surface area contributed by atoms with Crippen molar-refractivity contribution in [1.82, 2.24) is 0 Å². The highest BCUT2D eigenvalue weighted by Crippen LogP contribution is 2.47. The van der Waals surface area contributed by atoms with E-state index in [9.17, 15) is 19.2 Å². The summed E-state index contributed by atoms with van der Waals surface area (Å²) in [5, 5.41) is 2.74. The maximum absolute atomic E-state index is 13.9. The summed E-state index contributed by atoms with van der Waals surface area (Å²) in [5.74, 6) is 0.888. The van der Waals surface area contributed by atoms with Gasteiger partial charge in [0.2, 0.25) is 0 Å². The van der Waals surface area contributed by atoms with Gasteiger partial charge in [0.15, 0.2) is 23.0 Å². The van der Waals surface area contributed by atoms with Crippen LogP contribution in [-0.2, 0) is 18.9 Å². The number of ether oxygens (including phenoxy) is 8. The molecule has 0 radical (unpaired) electrons. The second-order valence-corrected chi connectivity index (χ2v) is 18.2. The Morgan fingerprint density at radius 1 is 0.353 bits per heavy atom. The van der Waals surface area contributed by atoms with Crippen LogP contribution in [0.25, 0.3) is 21.5 Å². The molecule has 4 aromatic rings. The van der Waals surface area contributed by atoms with Crippen molar-refractivity contribution in [3.8, 4) is 23.0 Å². The van der Waals surface area contributed by atoms with Crippen molar-refractivity contribution in [3.63, 3.8) is 0 Å². The lowest BCUT2D eigenvalue weighted by Gasteiger charge is -2.23. The van der Waals surface area contributed by atoms with Crippen LogP contribution in [0.3, 0.4) is 0 Å². The van der Waals surface area contributed by atoms with Gasteiger partial charge in [-0.25, -0.2) is 19.2 Å². The molecule has 4 unspecified atom stereocenters. The van der Waals surface area contributed by atoms with Crippen LogP contribution in [0.1, 0.15) is 158 Å². The van der Waals surface area contributed by atoms with Crippen LogP contribution in [0.2, 0.25) is 0 Å². The van der Waals surface area contributed by atoms with Crippen molar-refractivity contribution in [1.29, 1.82) is 0 Å². The number of carbonyl (C=O) groups is 4. The molecule has 4 atom stereocenters. The highest BCUT2D eigenvalue weighted by molar-refractivity contribution is 6.00. The summed E-state index contributed by atoms with van der Waals surface area (Å²) >= 11 is 0. The number of fused-ring (bicyclic) bond motifs is 4. The minimum absolute atomic E-state index is 0.0791. The van der Waals surface area contributed by atoms with E-state index in [1.807, 2.05) is 0 Å². The Labute approximate surface area is 402 Å². The predicted octanol–water partition coefficient (Wildman–Crippen LogP) is 15.8. The first-order valence-corrected chi connectivity index (χ1v) is 25.6. The minimum Gasteiger partial charge on any atom is -0.434 e. The van der Waals surface area contributed by atoms with Crippen LogP contribution < -0.4 is 18.9 Å². The van der Waals surface area contributed by atoms with Crippen LogP contribution in [0.5, 0.6) is 23.0 Å². The lowest BCUT2D eigenvalue weighted by Crippen LogP contribution is -2.21. The molecule has 68 heavy (non-hydrogen) atoms. The first-order valence-electron chi connectivity index (χ1n) is 25.6. The Bertz CT molecular complexity index is 2130. The fraction of sp³-hybridized carbons (Fsp3) is 0.571. The Hall–Kier alpha value is -5.52. The van der Waals surface area contributed by atoms with Gasteiger partial charge < -0.3 is 37.9 Å². The minimum atomic E-state index is -0.930. The normalized spacial score (nSPS) is 13.3. The predicted molar refractivity (Wildman–Crippen MR) is 264 cm³/mol. The molecule has 0 saturated carbocycles. The first kappa shape index (κ1) is 53.4. The van der Waals surface area contributed by atoms with Crippen molar-refractivity contribution < 1.29 is 57.1 Å². The van der Waals surface area contributed by atoms with Crippen LogP contribution in [0, 0.1) is 44.5 Å². The van der Waals surface area contributed by atoms with Gasteiger partial charge in [0.25, 0.3) is 0 Å². The van der Waals surface area contributed by atoms with E-state index in [4.69, 9.17) is 37.9 Å². The molecule has 0 aromatic heterocycles. The third kappa shape index (κ3) is 13.8. The van der Waals surface area contributed by atoms with Gasteiger partial charge in [-0.1, -0.05) is 181 Å². The smallest absolute Gasteiger partial charge is 0.434 e. The van der Waals surface area contributed by atoms with E-state index in [0.29, 0.717) is 21.5 Å². The summed E-state index contributed by atoms with van der Waals surface area (Å²) in [6, 6.07) is 14.1. The molecule has 1 aliphatic rings. The Balaban J connectivity index is 1.78.